The van der Waals surface area contributed by atoms with Gasteiger partial charge in [-0.25, -0.2) is 0 Å². The quantitative estimate of drug-likeness (QED) is 0.600. The Balaban J connectivity index is 1.83. The van der Waals surface area contributed by atoms with Crippen LogP contribution in [0, 0.1) is 5.92 Å². The van der Waals surface area contributed by atoms with E-state index in [4.69, 9.17) is 4.74 Å². The molecule has 0 aromatic heterocycles. The topological polar surface area (TPSA) is 32.8 Å². The molecule has 1 N–H and O–H groups in total. The molecule has 1 heterocycles. The third-order valence-corrected chi connectivity index (χ3v) is 4.24. The second-order valence-electron chi connectivity index (χ2n) is 5.95. The van der Waals surface area contributed by atoms with Gasteiger partial charge in [-0.2, -0.15) is 0 Å². The molecule has 0 amide bonds. The van der Waals surface area contributed by atoms with Gasteiger partial charge in [0.1, 0.15) is 5.60 Å². The number of hydrogen-bond donors (Lipinski definition) is 1. The smallest absolute Gasteiger partial charge is 0.118 e. The molecule has 0 radical (unpaired) electrons. The first-order chi connectivity index (χ1) is 7.93. The number of allylic oxidation sites excluding steroid dienone is 3. The van der Waals surface area contributed by atoms with Crippen LogP contribution in [0.25, 0.3) is 0 Å². The van der Waals surface area contributed by atoms with Crippen molar-refractivity contribution in [2.45, 2.75) is 64.3 Å². The fourth-order valence-corrected chi connectivity index (χ4v) is 2.79. The first kappa shape index (κ1) is 12.8. The molecular weight excluding hydrogens is 212 g/mol. The zero-order valence-corrected chi connectivity index (χ0v) is 11.2. The summed E-state index contributed by atoms with van der Waals surface area (Å²) in [5, 5.41) is 10.0. The Morgan fingerprint density at radius 3 is 2.76 bits per heavy atom. The summed E-state index contributed by atoms with van der Waals surface area (Å²) in [6.07, 6.45) is 6.16. The molecule has 1 saturated carbocycles. The van der Waals surface area contributed by atoms with E-state index in [0.717, 1.165) is 25.7 Å². The van der Waals surface area contributed by atoms with Crippen LogP contribution in [0.15, 0.2) is 23.8 Å². The number of ether oxygens (including phenoxy) is 1. The second kappa shape index (κ2) is 4.58. The zero-order valence-electron chi connectivity index (χ0n) is 11.2. The van der Waals surface area contributed by atoms with Gasteiger partial charge in [0.15, 0.2) is 0 Å². The Bertz CT molecular complexity index is 341. The van der Waals surface area contributed by atoms with E-state index in [1.165, 1.54) is 11.1 Å². The van der Waals surface area contributed by atoms with Crippen LogP contribution in [0.1, 0.15) is 46.5 Å². The molecule has 0 spiro atoms. The third kappa shape index (κ3) is 2.63. The summed E-state index contributed by atoms with van der Waals surface area (Å²) in [5.74, 6) is 0.441. The summed E-state index contributed by atoms with van der Waals surface area (Å²) in [4.78, 5) is 0. The number of epoxide rings is 1. The van der Waals surface area contributed by atoms with Crippen LogP contribution < -0.4 is 0 Å². The molecule has 0 bridgehead atoms. The van der Waals surface area contributed by atoms with Crippen LogP contribution in [0.5, 0.6) is 0 Å². The Morgan fingerprint density at radius 2 is 2.18 bits per heavy atom. The van der Waals surface area contributed by atoms with E-state index in [1.807, 2.05) is 6.92 Å². The molecule has 1 aliphatic carbocycles. The van der Waals surface area contributed by atoms with Crippen LogP contribution in [-0.4, -0.2) is 22.9 Å². The minimum Gasteiger partial charge on any atom is -0.390 e. The van der Waals surface area contributed by atoms with Gasteiger partial charge in [-0.3, -0.25) is 0 Å². The molecule has 0 aromatic carbocycles. The lowest BCUT2D eigenvalue weighted by molar-refractivity contribution is 0.0637. The number of aliphatic hydroxyl groups excluding tert-OH is 1. The zero-order chi connectivity index (χ0) is 12.6. The van der Waals surface area contributed by atoms with Crippen LogP contribution in [0.2, 0.25) is 0 Å². The average molecular weight is 236 g/mol. The molecule has 17 heavy (non-hydrogen) atoms. The SMILES string of the molecule is C=C(CCC=C(C)C)[C@@H]1C[C@H](O)[C@]2(C)O[C@@H]2C1. The summed E-state index contributed by atoms with van der Waals surface area (Å²) in [7, 11) is 0. The highest BCUT2D eigenvalue weighted by atomic mass is 16.6. The lowest BCUT2D eigenvalue weighted by atomic mass is 9.77. The van der Waals surface area contributed by atoms with Gasteiger partial charge in [0.05, 0.1) is 12.2 Å². The van der Waals surface area contributed by atoms with Gasteiger partial charge in [0, 0.05) is 0 Å². The number of hydrogen-bond acceptors (Lipinski definition) is 2. The van der Waals surface area contributed by atoms with E-state index in [0.29, 0.717) is 5.92 Å². The van der Waals surface area contributed by atoms with Gasteiger partial charge >= 0.3 is 0 Å². The average Bonchev–Trinajstić information content (AvgIpc) is 2.90. The Morgan fingerprint density at radius 1 is 1.47 bits per heavy atom. The van der Waals surface area contributed by atoms with Crippen LogP contribution in [0.4, 0.5) is 0 Å². The summed E-state index contributed by atoms with van der Waals surface area (Å²) >= 11 is 0. The number of aliphatic hydroxyl groups is 1. The van der Waals surface area contributed by atoms with Crippen molar-refractivity contribution in [1.29, 1.82) is 0 Å². The molecule has 2 fully saturated rings. The molecule has 1 saturated heterocycles. The molecular formula is C15H24O2. The van der Waals surface area contributed by atoms with Crippen molar-refractivity contribution in [2.75, 3.05) is 0 Å². The summed E-state index contributed by atoms with van der Waals surface area (Å²) in [6, 6.07) is 0. The van der Waals surface area contributed by atoms with Crippen molar-refractivity contribution in [3.8, 4) is 0 Å². The molecule has 96 valence electrons. The number of fused-ring (bicyclic) bond motifs is 1. The van der Waals surface area contributed by atoms with Crippen LogP contribution >= 0.6 is 0 Å². The lowest BCUT2D eigenvalue weighted by Crippen LogP contribution is -2.36. The fourth-order valence-electron chi connectivity index (χ4n) is 2.79. The maximum Gasteiger partial charge on any atom is 0.118 e. The molecule has 0 aromatic rings. The van der Waals surface area contributed by atoms with E-state index < -0.39 is 0 Å². The normalized spacial score (nSPS) is 39.4. The lowest BCUT2D eigenvalue weighted by Gasteiger charge is -2.28. The first-order valence-electron chi connectivity index (χ1n) is 6.60. The molecule has 0 unspecified atom stereocenters. The van der Waals surface area contributed by atoms with Crippen LogP contribution in [-0.2, 0) is 4.74 Å². The van der Waals surface area contributed by atoms with Crippen molar-refractivity contribution < 1.29 is 9.84 Å². The molecule has 2 rings (SSSR count). The van der Waals surface area contributed by atoms with Crippen molar-refractivity contribution in [3.05, 3.63) is 23.8 Å². The van der Waals surface area contributed by atoms with E-state index >= 15 is 0 Å². The largest absolute Gasteiger partial charge is 0.390 e. The van der Waals surface area contributed by atoms with Gasteiger partial charge in [0.2, 0.25) is 0 Å². The molecule has 2 heteroatoms. The van der Waals surface area contributed by atoms with Crippen molar-refractivity contribution >= 4 is 0 Å². The van der Waals surface area contributed by atoms with E-state index in [2.05, 4.69) is 26.5 Å². The standard InChI is InChI=1S/C15H24O2/c1-10(2)6-5-7-11(3)12-8-13(16)15(4)14(9-12)17-15/h6,12-14,16H,3,5,7-9H2,1-2,4H3/t12-,13+,14-,15+/m1/s1. The van der Waals surface area contributed by atoms with Crippen molar-refractivity contribution in [2.24, 2.45) is 5.92 Å². The first-order valence-corrected chi connectivity index (χ1v) is 6.60. The molecule has 2 aliphatic rings. The predicted octanol–water partition coefficient (Wildman–Crippen LogP) is 3.22. The Hall–Kier alpha value is -0.600. The highest BCUT2D eigenvalue weighted by Crippen LogP contribution is 2.51. The van der Waals surface area contributed by atoms with Gasteiger partial charge in [-0.15, -0.1) is 0 Å². The number of rotatable bonds is 4. The molecule has 4 atom stereocenters. The highest BCUT2D eigenvalue weighted by Gasteiger charge is 2.60. The maximum absolute atomic E-state index is 10.0. The van der Waals surface area contributed by atoms with E-state index in [9.17, 15) is 5.11 Å². The van der Waals surface area contributed by atoms with Gasteiger partial charge < -0.3 is 9.84 Å². The van der Waals surface area contributed by atoms with E-state index in [-0.39, 0.29) is 17.8 Å². The maximum atomic E-state index is 10.0. The molecule has 2 nitrogen and oxygen atoms in total. The fraction of sp³-hybridized carbons (Fsp3) is 0.733. The molecule has 1 aliphatic heterocycles. The Kier molecular flexibility index (Phi) is 3.46. The summed E-state index contributed by atoms with van der Waals surface area (Å²) < 4.78 is 5.60. The summed E-state index contributed by atoms with van der Waals surface area (Å²) in [5.41, 5.74) is 2.40. The van der Waals surface area contributed by atoms with Gasteiger partial charge in [-0.05, 0) is 52.4 Å². The van der Waals surface area contributed by atoms with Gasteiger partial charge in [-0.1, -0.05) is 23.8 Å². The Labute approximate surface area is 104 Å². The monoisotopic (exact) mass is 236 g/mol. The van der Waals surface area contributed by atoms with E-state index in [1.54, 1.807) is 0 Å². The summed E-state index contributed by atoms with van der Waals surface area (Å²) in [6.45, 7) is 10.5. The van der Waals surface area contributed by atoms with Crippen molar-refractivity contribution in [1.82, 2.24) is 0 Å². The van der Waals surface area contributed by atoms with Crippen LogP contribution in [0.3, 0.4) is 0 Å². The minimum atomic E-state index is -0.313. The minimum absolute atomic E-state index is 0.239. The third-order valence-electron chi connectivity index (χ3n) is 4.24. The predicted molar refractivity (Wildman–Crippen MR) is 69.8 cm³/mol. The second-order valence-corrected chi connectivity index (χ2v) is 5.95. The van der Waals surface area contributed by atoms with Gasteiger partial charge in [0.25, 0.3) is 0 Å². The van der Waals surface area contributed by atoms with Crippen molar-refractivity contribution in [3.63, 3.8) is 0 Å². The highest BCUT2D eigenvalue weighted by molar-refractivity contribution is 5.16.